The van der Waals surface area contributed by atoms with E-state index in [2.05, 4.69) is 55.6 Å². The summed E-state index contributed by atoms with van der Waals surface area (Å²) in [5, 5.41) is 23.2. The average Bonchev–Trinajstić information content (AvgIpc) is 3.39. The molecule has 0 aromatic rings. The maximum atomic E-state index is 12.5. The SMILES string of the molecule is CCCCC/C=C\C/C=C\CCCCCCCCCCCC(=O)OCCCCCCCCCCC/C=C\CCCCCCCC(=O)NC(CO)C(O)/C=C/CCCCCCCCCCCCCCCCCCC. The number of carbonyl (C=O) groups excluding carboxylic acids is 2. The Balaban J connectivity index is 3.47. The number of esters is 1. The van der Waals surface area contributed by atoms with Gasteiger partial charge in [0.25, 0.3) is 0 Å². The van der Waals surface area contributed by atoms with Gasteiger partial charge in [0.05, 0.1) is 25.4 Å². The van der Waals surface area contributed by atoms with Gasteiger partial charge in [-0.3, -0.25) is 9.59 Å². The number of carbonyl (C=O) groups is 2. The lowest BCUT2D eigenvalue weighted by Crippen LogP contribution is -2.45. The number of aliphatic hydroxyl groups excluding tert-OH is 2. The van der Waals surface area contributed by atoms with Crippen molar-refractivity contribution in [1.29, 1.82) is 0 Å². The highest BCUT2D eigenvalue weighted by molar-refractivity contribution is 5.76. The first-order chi connectivity index (χ1) is 36.0. The van der Waals surface area contributed by atoms with Gasteiger partial charge in [-0.2, -0.15) is 0 Å². The molecule has 2 atom stereocenters. The number of aliphatic hydroxyl groups is 2. The van der Waals surface area contributed by atoms with Crippen LogP contribution in [0.4, 0.5) is 0 Å². The lowest BCUT2D eigenvalue weighted by atomic mass is 10.0. The van der Waals surface area contributed by atoms with Crippen molar-refractivity contribution >= 4 is 11.9 Å². The molecule has 0 bridgehead atoms. The van der Waals surface area contributed by atoms with Crippen LogP contribution < -0.4 is 5.32 Å². The fourth-order valence-electron chi connectivity index (χ4n) is 9.84. The zero-order valence-corrected chi connectivity index (χ0v) is 48.9. The van der Waals surface area contributed by atoms with E-state index in [0.717, 1.165) is 70.6 Å². The lowest BCUT2D eigenvalue weighted by Gasteiger charge is -2.20. The normalized spacial score (nSPS) is 12.9. The van der Waals surface area contributed by atoms with E-state index in [9.17, 15) is 19.8 Å². The first kappa shape index (κ1) is 70.8. The largest absolute Gasteiger partial charge is 0.466 e. The summed E-state index contributed by atoms with van der Waals surface area (Å²) in [6.07, 6.45) is 80.1. The Hall–Kier alpha value is -2.18. The summed E-state index contributed by atoms with van der Waals surface area (Å²) < 4.78 is 5.49. The van der Waals surface area contributed by atoms with Gasteiger partial charge in [-0.25, -0.2) is 0 Å². The third-order valence-electron chi connectivity index (χ3n) is 14.8. The number of amides is 1. The third-order valence-corrected chi connectivity index (χ3v) is 14.8. The van der Waals surface area contributed by atoms with Crippen LogP contribution in [0.1, 0.15) is 341 Å². The fourth-order valence-corrected chi connectivity index (χ4v) is 9.84. The number of hydrogen-bond acceptors (Lipinski definition) is 5. The Labute approximate surface area is 455 Å². The lowest BCUT2D eigenvalue weighted by molar-refractivity contribution is -0.143. The molecular weight excluding hydrogens is 899 g/mol. The summed E-state index contributed by atoms with van der Waals surface area (Å²) >= 11 is 0. The minimum Gasteiger partial charge on any atom is -0.466 e. The summed E-state index contributed by atoms with van der Waals surface area (Å²) in [5.74, 6) is -0.0822. The Morgan fingerprint density at radius 2 is 0.685 bits per heavy atom. The number of unbranched alkanes of at least 4 members (excludes halogenated alkanes) is 43. The number of allylic oxidation sites excluding steroid dienone is 7. The summed E-state index contributed by atoms with van der Waals surface area (Å²) in [6.45, 7) is 4.88. The van der Waals surface area contributed by atoms with Crippen molar-refractivity contribution in [2.45, 2.75) is 353 Å². The molecule has 0 aromatic heterocycles. The van der Waals surface area contributed by atoms with Crippen LogP contribution in [-0.4, -0.2) is 47.4 Å². The van der Waals surface area contributed by atoms with E-state index in [-0.39, 0.29) is 18.5 Å². The van der Waals surface area contributed by atoms with Crippen LogP contribution in [0.2, 0.25) is 0 Å². The molecule has 0 saturated heterocycles. The number of rotatable bonds is 60. The monoisotopic (exact) mass is 1020 g/mol. The quantitative estimate of drug-likeness (QED) is 0.0320. The summed E-state index contributed by atoms with van der Waals surface area (Å²) in [4.78, 5) is 24.6. The van der Waals surface area contributed by atoms with E-state index < -0.39 is 12.1 Å². The van der Waals surface area contributed by atoms with Crippen molar-refractivity contribution < 1.29 is 24.5 Å². The minimum atomic E-state index is -0.855. The standard InChI is InChI=1S/C67H125NO5/c1-3-5-7-9-11-13-15-17-19-21-23-27-31-35-39-43-47-51-55-59-65(70)64(63-69)68-66(71)60-56-52-48-44-40-36-32-28-25-26-30-34-38-42-46-50-54-58-62-73-67(72)61-57-53-49-45-41-37-33-29-24-22-20-18-16-14-12-10-8-6-4-2/h12,14,18,20,28,32,55,59,64-65,69-70H,3-11,13,15-17,19,21-27,29-31,33-54,56-58,60-63H2,1-2H3,(H,68,71)/b14-12-,20-18-,32-28-,59-55+. The molecule has 0 aromatic carbocycles. The smallest absolute Gasteiger partial charge is 0.305 e. The van der Waals surface area contributed by atoms with Crippen molar-refractivity contribution in [3.8, 4) is 0 Å². The predicted molar refractivity (Wildman–Crippen MR) is 319 cm³/mol. The van der Waals surface area contributed by atoms with Crippen LogP contribution >= 0.6 is 0 Å². The van der Waals surface area contributed by atoms with Crippen molar-refractivity contribution in [3.63, 3.8) is 0 Å². The highest BCUT2D eigenvalue weighted by Crippen LogP contribution is 2.17. The molecule has 73 heavy (non-hydrogen) atoms. The third kappa shape index (κ3) is 58.9. The molecule has 0 radical (unpaired) electrons. The van der Waals surface area contributed by atoms with Gasteiger partial charge in [0.15, 0.2) is 0 Å². The van der Waals surface area contributed by atoms with Crippen LogP contribution in [0.5, 0.6) is 0 Å². The van der Waals surface area contributed by atoms with E-state index in [4.69, 9.17) is 4.74 Å². The molecule has 0 aliphatic rings. The molecule has 0 fully saturated rings. The summed E-state index contributed by atoms with van der Waals surface area (Å²) in [5.41, 5.74) is 0. The minimum absolute atomic E-state index is 0.00159. The number of ether oxygens (including phenoxy) is 1. The maximum Gasteiger partial charge on any atom is 0.305 e. The second kappa shape index (κ2) is 62.4. The first-order valence-electron chi connectivity index (χ1n) is 32.4. The molecule has 1 amide bonds. The van der Waals surface area contributed by atoms with Crippen LogP contribution in [0.3, 0.4) is 0 Å². The van der Waals surface area contributed by atoms with Crippen LogP contribution in [0.25, 0.3) is 0 Å². The van der Waals surface area contributed by atoms with Crippen molar-refractivity contribution in [2.75, 3.05) is 13.2 Å². The first-order valence-corrected chi connectivity index (χ1v) is 32.4. The number of hydrogen-bond donors (Lipinski definition) is 3. The molecule has 428 valence electrons. The zero-order valence-electron chi connectivity index (χ0n) is 48.9. The van der Waals surface area contributed by atoms with Crippen molar-refractivity contribution in [2.24, 2.45) is 0 Å². The molecule has 6 nitrogen and oxygen atoms in total. The average molecular weight is 1020 g/mol. The van der Waals surface area contributed by atoms with E-state index in [0.29, 0.717) is 19.4 Å². The van der Waals surface area contributed by atoms with Gasteiger partial charge < -0.3 is 20.3 Å². The molecule has 3 N–H and O–H groups in total. The van der Waals surface area contributed by atoms with E-state index >= 15 is 0 Å². The second-order valence-electron chi connectivity index (χ2n) is 22.1. The predicted octanol–water partition coefficient (Wildman–Crippen LogP) is 20.5. The molecule has 0 rings (SSSR count). The molecule has 0 saturated carbocycles. The van der Waals surface area contributed by atoms with E-state index in [1.807, 2.05) is 6.08 Å². The Kier molecular flexibility index (Phi) is 60.5. The fraction of sp³-hybridized carbons (Fsp3) is 0.851. The van der Waals surface area contributed by atoms with Gasteiger partial charge in [-0.15, -0.1) is 0 Å². The Morgan fingerprint density at radius 3 is 1.08 bits per heavy atom. The van der Waals surface area contributed by atoms with Gasteiger partial charge >= 0.3 is 5.97 Å². The zero-order chi connectivity index (χ0) is 52.9. The molecule has 0 spiro atoms. The molecule has 2 unspecified atom stereocenters. The van der Waals surface area contributed by atoms with Crippen LogP contribution in [0, 0.1) is 0 Å². The Morgan fingerprint density at radius 1 is 0.384 bits per heavy atom. The van der Waals surface area contributed by atoms with Crippen LogP contribution in [-0.2, 0) is 14.3 Å². The second-order valence-corrected chi connectivity index (χ2v) is 22.1. The molecule has 0 aliphatic carbocycles. The van der Waals surface area contributed by atoms with Gasteiger partial charge in [0.2, 0.25) is 5.91 Å². The van der Waals surface area contributed by atoms with Gasteiger partial charge in [-0.05, 0) is 89.9 Å². The highest BCUT2D eigenvalue weighted by atomic mass is 16.5. The van der Waals surface area contributed by atoms with Crippen molar-refractivity contribution in [1.82, 2.24) is 5.32 Å². The summed E-state index contributed by atoms with van der Waals surface area (Å²) in [6, 6.07) is -0.640. The van der Waals surface area contributed by atoms with E-state index in [1.165, 1.54) is 244 Å². The van der Waals surface area contributed by atoms with Crippen LogP contribution in [0.15, 0.2) is 48.6 Å². The maximum absolute atomic E-state index is 12.5. The highest BCUT2D eigenvalue weighted by Gasteiger charge is 2.18. The molecule has 0 aliphatic heterocycles. The van der Waals surface area contributed by atoms with E-state index in [1.54, 1.807) is 6.08 Å². The molecular formula is C67H125NO5. The van der Waals surface area contributed by atoms with Gasteiger partial charge in [0.1, 0.15) is 0 Å². The molecule has 0 heterocycles. The van der Waals surface area contributed by atoms with Gasteiger partial charge in [-0.1, -0.05) is 287 Å². The molecule has 6 heteroatoms. The topological polar surface area (TPSA) is 95.9 Å². The van der Waals surface area contributed by atoms with Crippen molar-refractivity contribution in [3.05, 3.63) is 48.6 Å². The van der Waals surface area contributed by atoms with Gasteiger partial charge in [0, 0.05) is 12.8 Å². The summed E-state index contributed by atoms with van der Waals surface area (Å²) in [7, 11) is 0. The Bertz CT molecular complexity index is 1230. The number of nitrogens with one attached hydrogen (secondary N) is 1.